The van der Waals surface area contributed by atoms with Gasteiger partial charge in [-0.25, -0.2) is 9.59 Å². The number of furan rings is 2. The van der Waals surface area contributed by atoms with Crippen molar-refractivity contribution in [1.82, 2.24) is 0 Å². The van der Waals surface area contributed by atoms with Crippen molar-refractivity contribution in [2.75, 3.05) is 0 Å². The molecule has 7 nitrogen and oxygen atoms in total. The zero-order valence-corrected chi connectivity index (χ0v) is 9.49. The van der Waals surface area contributed by atoms with Crippen LogP contribution in [0.3, 0.4) is 0 Å². The summed E-state index contributed by atoms with van der Waals surface area (Å²) in [7, 11) is 0. The second-order valence-corrected chi connectivity index (χ2v) is 3.47. The third-order valence-corrected chi connectivity index (χ3v) is 2.16. The average Bonchev–Trinajstić information content (AvgIpc) is 3.04. The second-order valence-electron chi connectivity index (χ2n) is 3.47. The molecule has 0 fully saturated rings. The van der Waals surface area contributed by atoms with Gasteiger partial charge in [0.25, 0.3) is 0 Å². The Balaban J connectivity index is 1.96. The van der Waals surface area contributed by atoms with Crippen molar-refractivity contribution in [2.24, 2.45) is 0 Å². The van der Waals surface area contributed by atoms with Crippen LogP contribution in [0.15, 0.2) is 33.1 Å². The number of hydrogen-bond acceptors (Lipinski definition) is 6. The van der Waals surface area contributed by atoms with Crippen molar-refractivity contribution in [1.29, 1.82) is 0 Å². The minimum absolute atomic E-state index is 0.122. The molecule has 2 aromatic rings. The standard InChI is InChI=1S/C12H8O7/c13-5-7-1-2-8(18-7)6-17-12(16)10-4-3-9(19-10)11(14)15/h1-5H,6H2,(H,14,15). The Morgan fingerprint density at radius 2 is 1.89 bits per heavy atom. The van der Waals surface area contributed by atoms with Gasteiger partial charge < -0.3 is 18.7 Å². The molecule has 19 heavy (non-hydrogen) atoms. The Kier molecular flexibility index (Phi) is 3.46. The largest absolute Gasteiger partial charge is 0.475 e. The first-order valence-corrected chi connectivity index (χ1v) is 5.14. The summed E-state index contributed by atoms with van der Waals surface area (Å²) in [4.78, 5) is 32.4. The lowest BCUT2D eigenvalue weighted by Crippen LogP contribution is -2.03. The number of esters is 1. The highest BCUT2D eigenvalue weighted by Crippen LogP contribution is 2.12. The molecule has 2 rings (SSSR count). The molecule has 0 radical (unpaired) electrons. The van der Waals surface area contributed by atoms with E-state index in [9.17, 15) is 14.4 Å². The molecule has 0 amide bonds. The van der Waals surface area contributed by atoms with E-state index in [4.69, 9.17) is 18.7 Å². The van der Waals surface area contributed by atoms with Gasteiger partial charge in [0.15, 0.2) is 12.0 Å². The van der Waals surface area contributed by atoms with Crippen molar-refractivity contribution in [3.8, 4) is 0 Å². The van der Waals surface area contributed by atoms with Crippen LogP contribution in [0, 0.1) is 0 Å². The molecule has 0 saturated heterocycles. The highest BCUT2D eigenvalue weighted by molar-refractivity contribution is 5.90. The fraction of sp³-hybridized carbons (Fsp3) is 0.0833. The van der Waals surface area contributed by atoms with Crippen LogP contribution in [0.4, 0.5) is 0 Å². The number of ether oxygens (including phenoxy) is 1. The van der Waals surface area contributed by atoms with E-state index in [-0.39, 0.29) is 23.9 Å². The van der Waals surface area contributed by atoms with E-state index >= 15 is 0 Å². The third kappa shape index (κ3) is 2.89. The Bertz CT molecular complexity index is 620. The molecular weight excluding hydrogens is 256 g/mol. The van der Waals surface area contributed by atoms with E-state index < -0.39 is 11.9 Å². The minimum Gasteiger partial charge on any atom is -0.475 e. The van der Waals surface area contributed by atoms with E-state index in [2.05, 4.69) is 0 Å². The van der Waals surface area contributed by atoms with Crippen molar-refractivity contribution < 1.29 is 33.1 Å². The molecule has 0 aliphatic rings. The van der Waals surface area contributed by atoms with E-state index in [0.29, 0.717) is 12.0 Å². The van der Waals surface area contributed by atoms with Crippen LogP contribution in [0.5, 0.6) is 0 Å². The molecule has 0 unspecified atom stereocenters. The minimum atomic E-state index is -1.28. The highest BCUT2D eigenvalue weighted by Gasteiger charge is 2.16. The van der Waals surface area contributed by atoms with Gasteiger partial charge in [-0.05, 0) is 24.3 Å². The first-order valence-electron chi connectivity index (χ1n) is 5.14. The lowest BCUT2D eigenvalue weighted by atomic mass is 10.4. The summed E-state index contributed by atoms with van der Waals surface area (Å²) in [5.74, 6) is -2.26. The Hall–Kier alpha value is -2.83. The molecule has 1 N–H and O–H groups in total. The van der Waals surface area contributed by atoms with Crippen molar-refractivity contribution >= 4 is 18.2 Å². The Morgan fingerprint density at radius 3 is 2.47 bits per heavy atom. The SMILES string of the molecule is O=Cc1ccc(COC(=O)c2ccc(C(=O)O)o2)o1. The van der Waals surface area contributed by atoms with Gasteiger partial charge in [-0.15, -0.1) is 0 Å². The number of carboxylic acids is 1. The number of carboxylic acid groups (broad SMARTS) is 1. The maximum Gasteiger partial charge on any atom is 0.374 e. The summed E-state index contributed by atoms with van der Waals surface area (Å²) in [6.45, 7) is -0.185. The van der Waals surface area contributed by atoms with Crippen LogP contribution in [0.1, 0.15) is 37.4 Å². The maximum absolute atomic E-state index is 11.5. The molecule has 0 saturated carbocycles. The van der Waals surface area contributed by atoms with Gasteiger partial charge >= 0.3 is 11.9 Å². The summed E-state index contributed by atoms with van der Waals surface area (Å²) < 4.78 is 14.6. The molecule has 0 aliphatic heterocycles. The van der Waals surface area contributed by atoms with Gasteiger partial charge in [0.2, 0.25) is 11.5 Å². The molecule has 7 heteroatoms. The average molecular weight is 264 g/mol. The molecule has 0 aliphatic carbocycles. The molecular formula is C12H8O7. The van der Waals surface area contributed by atoms with Crippen molar-refractivity contribution in [3.05, 3.63) is 47.3 Å². The van der Waals surface area contributed by atoms with E-state index in [1.165, 1.54) is 18.2 Å². The summed E-state index contributed by atoms with van der Waals surface area (Å²) in [5.41, 5.74) is 0. The highest BCUT2D eigenvalue weighted by atomic mass is 16.6. The van der Waals surface area contributed by atoms with Crippen LogP contribution in [0.25, 0.3) is 0 Å². The molecule has 0 spiro atoms. The lowest BCUT2D eigenvalue weighted by molar-refractivity contribution is 0.0404. The molecule has 98 valence electrons. The Morgan fingerprint density at radius 1 is 1.16 bits per heavy atom. The van der Waals surface area contributed by atoms with E-state index in [0.717, 1.165) is 6.07 Å². The van der Waals surface area contributed by atoms with E-state index in [1.54, 1.807) is 0 Å². The first kappa shape index (κ1) is 12.6. The van der Waals surface area contributed by atoms with E-state index in [1.807, 2.05) is 0 Å². The first-order chi connectivity index (χ1) is 9.10. The topological polar surface area (TPSA) is 107 Å². The Labute approximate surface area is 106 Å². The fourth-order valence-electron chi connectivity index (χ4n) is 1.31. The van der Waals surface area contributed by atoms with Gasteiger partial charge in [-0.1, -0.05) is 0 Å². The third-order valence-electron chi connectivity index (χ3n) is 2.16. The smallest absolute Gasteiger partial charge is 0.374 e. The monoisotopic (exact) mass is 264 g/mol. The quantitative estimate of drug-likeness (QED) is 0.647. The zero-order valence-electron chi connectivity index (χ0n) is 9.49. The number of carbonyl (C=O) groups is 3. The predicted molar refractivity (Wildman–Crippen MR) is 58.9 cm³/mol. The van der Waals surface area contributed by atoms with Crippen LogP contribution in [-0.2, 0) is 11.3 Å². The van der Waals surface area contributed by atoms with Gasteiger partial charge in [0.05, 0.1) is 0 Å². The summed E-state index contributed by atoms with van der Waals surface area (Å²) in [6.07, 6.45) is 0.525. The molecule has 0 bridgehead atoms. The fourth-order valence-corrected chi connectivity index (χ4v) is 1.31. The normalized spacial score (nSPS) is 10.1. The van der Waals surface area contributed by atoms with Crippen molar-refractivity contribution in [3.63, 3.8) is 0 Å². The van der Waals surface area contributed by atoms with Crippen LogP contribution in [0.2, 0.25) is 0 Å². The zero-order chi connectivity index (χ0) is 13.8. The molecule has 2 aromatic heterocycles. The van der Waals surface area contributed by atoms with Gasteiger partial charge in [-0.3, -0.25) is 4.79 Å². The molecule has 0 aromatic carbocycles. The summed E-state index contributed by atoms with van der Waals surface area (Å²) in [6, 6.07) is 5.27. The lowest BCUT2D eigenvalue weighted by Gasteiger charge is -1.99. The van der Waals surface area contributed by atoms with Gasteiger partial charge in [0.1, 0.15) is 12.4 Å². The predicted octanol–water partition coefficient (Wildman–Crippen LogP) is 1.74. The molecule has 2 heterocycles. The number of carbonyl (C=O) groups excluding carboxylic acids is 2. The van der Waals surface area contributed by atoms with Crippen LogP contribution >= 0.6 is 0 Å². The number of rotatable bonds is 5. The summed E-state index contributed by atoms with van der Waals surface area (Å²) in [5, 5.41) is 8.62. The molecule has 0 atom stereocenters. The van der Waals surface area contributed by atoms with Gasteiger partial charge in [-0.2, -0.15) is 0 Å². The van der Waals surface area contributed by atoms with Gasteiger partial charge in [0, 0.05) is 0 Å². The van der Waals surface area contributed by atoms with Crippen LogP contribution in [-0.4, -0.2) is 23.3 Å². The second kappa shape index (κ2) is 5.21. The summed E-state index contributed by atoms with van der Waals surface area (Å²) >= 11 is 0. The van der Waals surface area contributed by atoms with Crippen molar-refractivity contribution in [2.45, 2.75) is 6.61 Å². The number of hydrogen-bond donors (Lipinski definition) is 1. The maximum atomic E-state index is 11.5. The number of aldehydes is 1. The number of aromatic carboxylic acids is 1. The van der Waals surface area contributed by atoms with Crippen LogP contribution < -0.4 is 0 Å².